The zero-order valence-electron chi connectivity index (χ0n) is 15.3. The summed E-state index contributed by atoms with van der Waals surface area (Å²) in [6, 6.07) is 19.0. The van der Waals surface area contributed by atoms with Crippen molar-refractivity contribution in [3.63, 3.8) is 0 Å². The number of carbonyl (C=O) groups excluding carboxylic acids is 2. The quantitative estimate of drug-likeness (QED) is 0.845. The molecular weight excluding hydrogens is 312 g/mol. The number of likely N-dealkylation sites (N-methyl/N-ethyl adjacent to an activating group) is 1. The Morgan fingerprint density at radius 3 is 1.80 bits per heavy atom. The molecule has 0 bridgehead atoms. The van der Waals surface area contributed by atoms with Gasteiger partial charge in [-0.1, -0.05) is 74.5 Å². The van der Waals surface area contributed by atoms with Gasteiger partial charge in [0.1, 0.15) is 0 Å². The van der Waals surface area contributed by atoms with Gasteiger partial charge in [-0.2, -0.15) is 0 Å². The largest absolute Gasteiger partial charge is 0.341 e. The number of hydrogen-bond acceptors (Lipinski definition) is 2. The van der Waals surface area contributed by atoms with Gasteiger partial charge in [-0.3, -0.25) is 9.59 Å². The maximum atomic E-state index is 12.6. The van der Waals surface area contributed by atoms with Crippen LogP contribution in [0, 0.1) is 5.92 Å². The van der Waals surface area contributed by atoms with E-state index in [-0.39, 0.29) is 18.0 Å². The van der Waals surface area contributed by atoms with Crippen molar-refractivity contribution in [1.82, 2.24) is 10.2 Å². The van der Waals surface area contributed by atoms with Crippen molar-refractivity contribution in [2.75, 3.05) is 7.05 Å². The van der Waals surface area contributed by atoms with Crippen LogP contribution in [-0.2, 0) is 9.59 Å². The fraction of sp³-hybridized carbons (Fsp3) is 0.333. The van der Waals surface area contributed by atoms with E-state index in [1.54, 1.807) is 7.05 Å². The van der Waals surface area contributed by atoms with Crippen molar-refractivity contribution in [3.8, 4) is 0 Å². The summed E-state index contributed by atoms with van der Waals surface area (Å²) in [4.78, 5) is 26.5. The molecule has 2 amide bonds. The number of benzene rings is 2. The Morgan fingerprint density at radius 1 is 0.840 bits per heavy atom. The van der Waals surface area contributed by atoms with Crippen LogP contribution in [0.5, 0.6) is 0 Å². The number of nitrogens with zero attached hydrogens (tertiary/aromatic N) is 1. The summed E-state index contributed by atoms with van der Waals surface area (Å²) in [7, 11) is 1.66. The van der Waals surface area contributed by atoms with E-state index in [1.165, 1.54) is 4.90 Å². The molecule has 0 radical (unpaired) electrons. The Morgan fingerprint density at radius 2 is 1.32 bits per heavy atom. The van der Waals surface area contributed by atoms with Crippen molar-refractivity contribution >= 4 is 11.8 Å². The average molecular weight is 338 g/mol. The van der Waals surface area contributed by atoms with Crippen LogP contribution in [-0.4, -0.2) is 23.8 Å². The number of hydrogen-bond donors (Lipinski definition) is 1. The Bertz CT molecular complexity index is 698. The van der Waals surface area contributed by atoms with E-state index < -0.39 is 11.8 Å². The van der Waals surface area contributed by atoms with Crippen LogP contribution in [0.2, 0.25) is 0 Å². The molecule has 4 heteroatoms. The maximum absolute atomic E-state index is 12.6. The fourth-order valence-electron chi connectivity index (χ4n) is 2.79. The summed E-state index contributed by atoms with van der Waals surface area (Å²) in [5, 5.41) is 2.89. The summed E-state index contributed by atoms with van der Waals surface area (Å²) >= 11 is 0. The molecule has 2 rings (SSSR count). The minimum atomic E-state index is -0.576. The summed E-state index contributed by atoms with van der Waals surface area (Å²) in [6.07, 6.45) is 0. The smallest absolute Gasteiger partial charge is 0.312 e. The minimum Gasteiger partial charge on any atom is -0.341 e. The van der Waals surface area contributed by atoms with E-state index >= 15 is 0 Å². The Kier molecular flexibility index (Phi) is 6.34. The number of amides is 2. The highest BCUT2D eigenvalue weighted by Crippen LogP contribution is 2.22. The molecule has 0 heterocycles. The molecule has 0 fully saturated rings. The first kappa shape index (κ1) is 18.7. The highest BCUT2D eigenvalue weighted by atomic mass is 16.2. The SMILES string of the molecule is CC(C)[C@@H](NC(=O)C(=O)N(C)[C@H](C)c1ccccc1)c1ccccc1. The van der Waals surface area contributed by atoms with Crippen molar-refractivity contribution in [3.05, 3.63) is 71.8 Å². The van der Waals surface area contributed by atoms with Gasteiger partial charge in [-0.15, -0.1) is 0 Å². The lowest BCUT2D eigenvalue weighted by molar-refractivity contribution is -0.146. The average Bonchev–Trinajstić information content (AvgIpc) is 2.65. The third kappa shape index (κ3) is 4.69. The predicted octanol–water partition coefficient (Wildman–Crippen LogP) is 3.72. The third-order valence-corrected chi connectivity index (χ3v) is 4.49. The first-order valence-corrected chi connectivity index (χ1v) is 8.59. The molecule has 0 spiro atoms. The second kappa shape index (κ2) is 8.47. The third-order valence-electron chi connectivity index (χ3n) is 4.49. The van der Waals surface area contributed by atoms with E-state index in [2.05, 4.69) is 5.32 Å². The first-order chi connectivity index (χ1) is 11.9. The number of rotatable bonds is 5. The minimum absolute atomic E-state index is 0.173. The number of nitrogens with one attached hydrogen (secondary N) is 1. The second-order valence-corrected chi connectivity index (χ2v) is 6.61. The first-order valence-electron chi connectivity index (χ1n) is 8.59. The van der Waals surface area contributed by atoms with Crippen LogP contribution in [0.1, 0.15) is 44.0 Å². The van der Waals surface area contributed by atoms with Crippen LogP contribution in [0.4, 0.5) is 0 Å². The summed E-state index contributed by atoms with van der Waals surface area (Å²) in [5.41, 5.74) is 1.99. The van der Waals surface area contributed by atoms with Crippen molar-refractivity contribution in [1.29, 1.82) is 0 Å². The molecule has 2 atom stereocenters. The van der Waals surface area contributed by atoms with E-state index in [4.69, 9.17) is 0 Å². The lowest BCUT2D eigenvalue weighted by Crippen LogP contribution is -2.44. The van der Waals surface area contributed by atoms with E-state index in [1.807, 2.05) is 81.4 Å². The van der Waals surface area contributed by atoms with E-state index in [0.717, 1.165) is 11.1 Å². The second-order valence-electron chi connectivity index (χ2n) is 6.61. The molecule has 2 aromatic rings. The Labute approximate surface area is 149 Å². The summed E-state index contributed by atoms with van der Waals surface area (Å²) in [6.45, 7) is 5.97. The van der Waals surface area contributed by atoms with Crippen LogP contribution in [0.3, 0.4) is 0 Å². The zero-order chi connectivity index (χ0) is 18.4. The van der Waals surface area contributed by atoms with Crippen LogP contribution >= 0.6 is 0 Å². The van der Waals surface area contributed by atoms with Gasteiger partial charge < -0.3 is 10.2 Å². The Balaban J connectivity index is 2.09. The molecule has 0 saturated heterocycles. The molecule has 132 valence electrons. The highest BCUT2D eigenvalue weighted by molar-refractivity contribution is 6.35. The highest BCUT2D eigenvalue weighted by Gasteiger charge is 2.27. The lowest BCUT2D eigenvalue weighted by atomic mass is 9.96. The standard InChI is InChI=1S/C21H26N2O2/c1-15(2)19(18-13-9-6-10-14-18)22-20(24)21(25)23(4)16(3)17-11-7-5-8-12-17/h5-16,19H,1-4H3,(H,22,24)/t16-,19-/m1/s1. The lowest BCUT2D eigenvalue weighted by Gasteiger charge is -2.27. The summed E-state index contributed by atoms with van der Waals surface area (Å²) < 4.78 is 0. The Hall–Kier alpha value is -2.62. The van der Waals surface area contributed by atoms with Gasteiger partial charge in [0.05, 0.1) is 12.1 Å². The van der Waals surface area contributed by atoms with Gasteiger partial charge in [0.15, 0.2) is 0 Å². The van der Waals surface area contributed by atoms with Crippen LogP contribution in [0.25, 0.3) is 0 Å². The van der Waals surface area contributed by atoms with Crippen LogP contribution in [0.15, 0.2) is 60.7 Å². The number of carbonyl (C=O) groups is 2. The fourth-order valence-corrected chi connectivity index (χ4v) is 2.79. The molecule has 0 unspecified atom stereocenters. The van der Waals surface area contributed by atoms with Crippen molar-refractivity contribution < 1.29 is 9.59 Å². The molecule has 0 saturated carbocycles. The molecule has 4 nitrogen and oxygen atoms in total. The van der Waals surface area contributed by atoms with Crippen molar-refractivity contribution in [2.24, 2.45) is 5.92 Å². The molecule has 0 aromatic heterocycles. The monoisotopic (exact) mass is 338 g/mol. The normalized spacial score (nSPS) is 13.2. The molecule has 25 heavy (non-hydrogen) atoms. The predicted molar refractivity (Wildman–Crippen MR) is 99.8 cm³/mol. The molecular formula is C21H26N2O2. The van der Waals surface area contributed by atoms with Gasteiger partial charge >= 0.3 is 11.8 Å². The van der Waals surface area contributed by atoms with Gasteiger partial charge in [-0.05, 0) is 24.0 Å². The molecule has 0 aliphatic rings. The van der Waals surface area contributed by atoms with Gasteiger partial charge in [0.2, 0.25) is 0 Å². The topological polar surface area (TPSA) is 49.4 Å². The van der Waals surface area contributed by atoms with Gasteiger partial charge in [0.25, 0.3) is 0 Å². The summed E-state index contributed by atoms with van der Waals surface area (Å²) in [5.74, 6) is -0.929. The van der Waals surface area contributed by atoms with E-state index in [0.29, 0.717) is 0 Å². The van der Waals surface area contributed by atoms with Gasteiger partial charge in [-0.25, -0.2) is 0 Å². The van der Waals surface area contributed by atoms with E-state index in [9.17, 15) is 9.59 Å². The molecule has 0 aliphatic carbocycles. The van der Waals surface area contributed by atoms with Crippen LogP contribution < -0.4 is 5.32 Å². The van der Waals surface area contributed by atoms with Gasteiger partial charge in [0, 0.05) is 7.05 Å². The van der Waals surface area contributed by atoms with Crippen molar-refractivity contribution in [2.45, 2.75) is 32.9 Å². The molecule has 2 aromatic carbocycles. The zero-order valence-corrected chi connectivity index (χ0v) is 15.3. The molecule has 1 N–H and O–H groups in total. The molecule has 0 aliphatic heterocycles. The maximum Gasteiger partial charge on any atom is 0.312 e.